The summed E-state index contributed by atoms with van der Waals surface area (Å²) in [5, 5.41) is 11.7. The summed E-state index contributed by atoms with van der Waals surface area (Å²) in [6.07, 6.45) is 2.02. The van der Waals surface area contributed by atoms with Crippen molar-refractivity contribution in [2.24, 2.45) is 0 Å². The number of ether oxygens (including phenoxy) is 1. The van der Waals surface area contributed by atoms with E-state index in [0.29, 0.717) is 0 Å². The molecular formula is C14H19N3OS3. The van der Waals surface area contributed by atoms with Crippen molar-refractivity contribution in [3.63, 3.8) is 0 Å². The number of nitrogens with one attached hydrogen (secondary N) is 1. The van der Waals surface area contributed by atoms with Crippen molar-refractivity contribution in [2.45, 2.75) is 27.0 Å². The van der Waals surface area contributed by atoms with Crippen molar-refractivity contribution >= 4 is 34.9 Å². The van der Waals surface area contributed by atoms with Crippen molar-refractivity contribution in [3.05, 3.63) is 29.3 Å². The molecule has 0 bridgehead atoms. The highest BCUT2D eigenvalue weighted by atomic mass is 32.2. The highest BCUT2D eigenvalue weighted by molar-refractivity contribution is 8.03. The van der Waals surface area contributed by atoms with Crippen molar-refractivity contribution in [1.29, 1.82) is 0 Å². The van der Waals surface area contributed by atoms with E-state index in [2.05, 4.69) is 40.6 Å². The number of hydrogen-bond acceptors (Lipinski definition) is 7. The second-order valence-electron chi connectivity index (χ2n) is 4.41. The number of rotatable bonds is 8. The van der Waals surface area contributed by atoms with Crippen molar-refractivity contribution < 1.29 is 4.74 Å². The van der Waals surface area contributed by atoms with Crippen LogP contribution >= 0.6 is 34.9 Å². The average molecular weight is 342 g/mol. The minimum absolute atomic E-state index is 0.738. The van der Waals surface area contributed by atoms with Gasteiger partial charge in [0.1, 0.15) is 0 Å². The molecule has 0 aliphatic rings. The fourth-order valence-corrected chi connectivity index (χ4v) is 4.22. The molecular weight excluding hydrogens is 322 g/mol. The Kier molecular flexibility index (Phi) is 6.98. The third-order valence-corrected chi connectivity index (χ3v) is 5.94. The highest BCUT2D eigenvalue weighted by Crippen LogP contribution is 2.34. The summed E-state index contributed by atoms with van der Waals surface area (Å²) < 4.78 is 7.02. The van der Waals surface area contributed by atoms with Gasteiger partial charge in [0.2, 0.25) is 0 Å². The first-order valence-electron chi connectivity index (χ1n) is 6.57. The van der Waals surface area contributed by atoms with Gasteiger partial charge in [0.05, 0.1) is 6.61 Å². The second kappa shape index (κ2) is 8.75. The first-order chi connectivity index (χ1) is 10.2. The zero-order valence-electron chi connectivity index (χ0n) is 12.4. The van der Waals surface area contributed by atoms with Crippen LogP contribution in [0.25, 0.3) is 0 Å². The summed E-state index contributed by atoms with van der Waals surface area (Å²) >= 11 is 4.95. The van der Waals surface area contributed by atoms with Crippen LogP contribution in [0.15, 0.2) is 31.8 Å². The minimum Gasteiger partial charge on any atom is -0.383 e. The summed E-state index contributed by atoms with van der Waals surface area (Å²) in [7, 11) is 1.72. The van der Waals surface area contributed by atoms with Gasteiger partial charge < -0.3 is 10.1 Å². The van der Waals surface area contributed by atoms with Crippen LogP contribution in [0.2, 0.25) is 0 Å². The molecule has 0 saturated carbocycles. The van der Waals surface area contributed by atoms with Crippen LogP contribution in [0.1, 0.15) is 11.1 Å². The molecule has 1 aromatic carbocycles. The van der Waals surface area contributed by atoms with Crippen LogP contribution in [-0.4, -0.2) is 36.7 Å². The number of hydrogen-bond donors (Lipinski definition) is 1. The first-order valence-corrected chi connectivity index (χ1v) is 9.43. The van der Waals surface area contributed by atoms with Gasteiger partial charge in [-0.15, -0.1) is 10.2 Å². The molecule has 1 aromatic heterocycles. The lowest BCUT2D eigenvalue weighted by atomic mass is 10.1. The van der Waals surface area contributed by atoms with Gasteiger partial charge in [0.25, 0.3) is 0 Å². The fraction of sp³-hybridized carbons (Fsp3) is 0.429. The maximum absolute atomic E-state index is 5.02. The Balaban J connectivity index is 1.95. The summed E-state index contributed by atoms with van der Waals surface area (Å²) in [5.74, 6) is 0. The van der Waals surface area contributed by atoms with Gasteiger partial charge in [0, 0.05) is 25.1 Å². The van der Waals surface area contributed by atoms with Crippen LogP contribution in [0.4, 0.5) is 0 Å². The van der Waals surface area contributed by atoms with Gasteiger partial charge in [-0.2, -0.15) is 0 Å². The van der Waals surface area contributed by atoms with Crippen LogP contribution < -0.4 is 5.32 Å². The molecule has 7 heteroatoms. The van der Waals surface area contributed by atoms with E-state index in [1.54, 1.807) is 42.0 Å². The number of nitrogens with zero attached hydrogens (tertiary/aromatic N) is 2. The molecule has 0 fully saturated rings. The first kappa shape index (κ1) is 16.8. The van der Waals surface area contributed by atoms with Crippen molar-refractivity contribution in [1.82, 2.24) is 15.5 Å². The number of methoxy groups -OCH3 is 1. The number of aromatic nitrogens is 2. The lowest BCUT2D eigenvalue weighted by molar-refractivity contribution is 0.199. The topological polar surface area (TPSA) is 47.0 Å². The molecule has 0 aliphatic carbocycles. The largest absolute Gasteiger partial charge is 0.383 e. The Labute approximate surface area is 138 Å². The highest BCUT2D eigenvalue weighted by Gasteiger charge is 2.07. The zero-order valence-corrected chi connectivity index (χ0v) is 14.8. The van der Waals surface area contributed by atoms with Gasteiger partial charge in [-0.25, -0.2) is 0 Å². The molecule has 0 atom stereocenters. The molecule has 0 radical (unpaired) electrons. The van der Waals surface area contributed by atoms with Gasteiger partial charge >= 0.3 is 0 Å². The van der Waals surface area contributed by atoms with E-state index >= 15 is 0 Å². The molecule has 2 rings (SSSR count). The molecule has 0 aliphatic heterocycles. The summed E-state index contributed by atoms with van der Waals surface area (Å²) in [4.78, 5) is 1.24. The lowest BCUT2D eigenvalue weighted by Crippen LogP contribution is -2.18. The van der Waals surface area contributed by atoms with Gasteiger partial charge in [-0.1, -0.05) is 47.0 Å². The van der Waals surface area contributed by atoms with E-state index in [0.717, 1.165) is 28.4 Å². The summed E-state index contributed by atoms with van der Waals surface area (Å²) in [6, 6.07) is 6.54. The Morgan fingerprint density at radius 2 is 2.10 bits per heavy atom. The predicted octanol–water partition coefficient (Wildman–Crippen LogP) is 3.46. The Morgan fingerprint density at radius 1 is 1.29 bits per heavy atom. The maximum Gasteiger partial charge on any atom is 0.179 e. The van der Waals surface area contributed by atoms with Crippen LogP contribution in [-0.2, 0) is 11.3 Å². The van der Waals surface area contributed by atoms with Crippen molar-refractivity contribution in [2.75, 3.05) is 26.5 Å². The third kappa shape index (κ3) is 5.27. The van der Waals surface area contributed by atoms with E-state index in [1.807, 2.05) is 6.26 Å². The Bertz CT molecular complexity index is 574. The van der Waals surface area contributed by atoms with E-state index in [1.165, 1.54) is 16.0 Å². The smallest absolute Gasteiger partial charge is 0.179 e. The van der Waals surface area contributed by atoms with Crippen molar-refractivity contribution in [3.8, 4) is 0 Å². The van der Waals surface area contributed by atoms with Gasteiger partial charge in [-0.05, 0) is 30.4 Å². The van der Waals surface area contributed by atoms with E-state index in [4.69, 9.17) is 4.74 Å². The molecule has 4 nitrogen and oxygen atoms in total. The molecule has 0 amide bonds. The quantitative estimate of drug-likeness (QED) is 0.586. The molecule has 21 heavy (non-hydrogen) atoms. The van der Waals surface area contributed by atoms with Crippen LogP contribution in [0, 0.1) is 6.92 Å². The minimum atomic E-state index is 0.738. The second-order valence-corrected chi connectivity index (χ2v) is 7.73. The molecule has 0 unspecified atom stereocenters. The normalized spacial score (nSPS) is 11.0. The van der Waals surface area contributed by atoms with Gasteiger partial charge in [-0.3, -0.25) is 0 Å². The third-order valence-electron chi connectivity index (χ3n) is 2.81. The number of benzene rings is 1. The Hall–Kier alpha value is -0.600. The number of aryl methyl sites for hydroxylation is 1. The summed E-state index contributed by atoms with van der Waals surface area (Å²) in [5.41, 5.74) is 2.56. The molecule has 1 heterocycles. The summed E-state index contributed by atoms with van der Waals surface area (Å²) in [6.45, 7) is 4.61. The Morgan fingerprint density at radius 3 is 2.76 bits per heavy atom. The standard InChI is InChI=1S/C14H19N3OS3/c1-10-8-11(9-15-6-7-18-2)4-5-12(10)20-14-17-16-13(19-3)21-14/h4-5,8,15H,6-7,9H2,1-3H3. The lowest BCUT2D eigenvalue weighted by Gasteiger charge is -2.08. The zero-order chi connectivity index (χ0) is 15.1. The van der Waals surface area contributed by atoms with E-state index < -0.39 is 0 Å². The monoisotopic (exact) mass is 341 g/mol. The van der Waals surface area contributed by atoms with E-state index in [9.17, 15) is 0 Å². The van der Waals surface area contributed by atoms with Crippen LogP contribution in [0.5, 0.6) is 0 Å². The molecule has 2 aromatic rings. The molecule has 0 spiro atoms. The molecule has 1 N–H and O–H groups in total. The van der Waals surface area contributed by atoms with E-state index in [-0.39, 0.29) is 0 Å². The van der Waals surface area contributed by atoms with Gasteiger partial charge in [0.15, 0.2) is 8.68 Å². The molecule has 114 valence electrons. The SMILES string of the molecule is COCCNCc1ccc(Sc2nnc(SC)s2)c(C)c1. The molecule has 0 saturated heterocycles. The fourth-order valence-electron chi connectivity index (χ4n) is 1.76. The predicted molar refractivity (Wildman–Crippen MR) is 90.6 cm³/mol. The maximum atomic E-state index is 5.02. The number of thioether (sulfide) groups is 1. The average Bonchev–Trinajstić information content (AvgIpc) is 2.94. The van der Waals surface area contributed by atoms with Crippen LogP contribution in [0.3, 0.4) is 0 Å².